The molecule has 2 aromatic carbocycles. The normalized spacial score (nSPS) is 13.9. The van der Waals surface area contributed by atoms with Crippen LogP contribution in [0.4, 0.5) is 5.13 Å². The van der Waals surface area contributed by atoms with Crippen LogP contribution in [0.3, 0.4) is 0 Å². The van der Waals surface area contributed by atoms with Gasteiger partial charge in [-0.25, -0.2) is 9.78 Å². The fourth-order valence-corrected chi connectivity index (χ4v) is 4.71. The van der Waals surface area contributed by atoms with Crippen molar-refractivity contribution in [2.45, 2.75) is 25.9 Å². The Morgan fingerprint density at radius 3 is 2.90 bits per heavy atom. The maximum absolute atomic E-state index is 12.4. The zero-order valence-electron chi connectivity index (χ0n) is 16.5. The first-order valence-electron chi connectivity index (χ1n) is 9.93. The van der Waals surface area contributed by atoms with Gasteiger partial charge in [-0.3, -0.25) is 14.5 Å². The lowest BCUT2D eigenvalue weighted by Gasteiger charge is -2.10. The molecule has 0 saturated carbocycles. The molecule has 0 aliphatic carbocycles. The van der Waals surface area contributed by atoms with Gasteiger partial charge in [0, 0.05) is 35.4 Å². The van der Waals surface area contributed by atoms with E-state index < -0.39 is 11.6 Å². The van der Waals surface area contributed by atoms with Crippen LogP contribution in [0.5, 0.6) is 0 Å². The van der Waals surface area contributed by atoms with Crippen LogP contribution in [0.2, 0.25) is 0 Å². The Hall–Kier alpha value is -3.52. The molecule has 2 aromatic heterocycles. The number of thiazole rings is 1. The molecule has 7 nitrogen and oxygen atoms in total. The van der Waals surface area contributed by atoms with Crippen LogP contribution in [0.1, 0.15) is 24.1 Å². The Morgan fingerprint density at radius 2 is 2.06 bits per heavy atom. The lowest BCUT2D eigenvalue weighted by molar-refractivity contribution is -0.144. The smallest absolute Gasteiger partial charge is 0.336 e. The van der Waals surface area contributed by atoms with Crippen molar-refractivity contribution >= 4 is 50.1 Å². The van der Waals surface area contributed by atoms with Gasteiger partial charge in [0.05, 0.1) is 12.1 Å². The van der Waals surface area contributed by atoms with Crippen molar-refractivity contribution in [2.75, 3.05) is 11.4 Å². The highest BCUT2D eigenvalue weighted by Crippen LogP contribution is 2.28. The molecule has 1 aliphatic rings. The fraction of sp³-hybridized carbons (Fsp3) is 0.217. The van der Waals surface area contributed by atoms with E-state index in [1.54, 1.807) is 16.3 Å². The average molecular weight is 434 g/mol. The number of hydrogen-bond acceptors (Lipinski definition) is 7. The molecule has 0 unspecified atom stereocenters. The number of amides is 1. The molecule has 156 valence electrons. The van der Waals surface area contributed by atoms with E-state index in [0.29, 0.717) is 34.9 Å². The quantitative estimate of drug-likeness (QED) is 0.270. The fourth-order valence-electron chi connectivity index (χ4n) is 3.84. The Labute approximate surface area is 180 Å². The van der Waals surface area contributed by atoms with E-state index in [0.717, 1.165) is 22.6 Å². The summed E-state index contributed by atoms with van der Waals surface area (Å²) < 4.78 is 10.8. The second-order valence-electron chi connectivity index (χ2n) is 7.36. The van der Waals surface area contributed by atoms with Gasteiger partial charge in [-0.1, -0.05) is 30.3 Å². The molecule has 0 atom stereocenters. The predicted molar refractivity (Wildman–Crippen MR) is 117 cm³/mol. The summed E-state index contributed by atoms with van der Waals surface area (Å²) in [5.74, 6) is -0.392. The zero-order chi connectivity index (χ0) is 21.4. The minimum absolute atomic E-state index is 0.00134. The van der Waals surface area contributed by atoms with Crippen molar-refractivity contribution in [1.82, 2.24) is 4.98 Å². The van der Waals surface area contributed by atoms with Gasteiger partial charge in [-0.05, 0) is 23.3 Å². The van der Waals surface area contributed by atoms with Gasteiger partial charge in [-0.2, -0.15) is 0 Å². The number of benzene rings is 2. The van der Waals surface area contributed by atoms with Crippen molar-refractivity contribution in [3.8, 4) is 0 Å². The minimum atomic E-state index is -0.492. The molecule has 3 heterocycles. The molecule has 31 heavy (non-hydrogen) atoms. The minimum Gasteiger partial charge on any atom is -0.460 e. The third-order valence-corrected chi connectivity index (χ3v) is 6.19. The topological polar surface area (TPSA) is 89.7 Å². The van der Waals surface area contributed by atoms with Crippen LogP contribution in [0.15, 0.2) is 57.1 Å². The number of rotatable bonds is 5. The summed E-state index contributed by atoms with van der Waals surface area (Å²) in [5, 5.41) is 5.07. The van der Waals surface area contributed by atoms with Crippen LogP contribution in [-0.2, 0) is 27.4 Å². The largest absolute Gasteiger partial charge is 0.460 e. The van der Waals surface area contributed by atoms with E-state index in [-0.39, 0.29) is 18.9 Å². The summed E-state index contributed by atoms with van der Waals surface area (Å²) in [6.07, 6.45) is 1.35. The second-order valence-corrected chi connectivity index (χ2v) is 8.19. The second kappa shape index (κ2) is 7.96. The summed E-state index contributed by atoms with van der Waals surface area (Å²) in [7, 11) is 0. The van der Waals surface area contributed by atoms with Gasteiger partial charge in [-0.15, -0.1) is 11.3 Å². The van der Waals surface area contributed by atoms with E-state index in [2.05, 4.69) is 4.98 Å². The van der Waals surface area contributed by atoms with Gasteiger partial charge in [0.1, 0.15) is 12.2 Å². The van der Waals surface area contributed by atoms with Crippen molar-refractivity contribution in [3.63, 3.8) is 0 Å². The summed E-state index contributed by atoms with van der Waals surface area (Å²) in [6.45, 7) is 0.615. The van der Waals surface area contributed by atoms with Gasteiger partial charge in [0.15, 0.2) is 5.13 Å². The molecule has 0 bridgehead atoms. The maximum Gasteiger partial charge on any atom is 0.336 e. The van der Waals surface area contributed by atoms with Crippen LogP contribution < -0.4 is 10.5 Å². The van der Waals surface area contributed by atoms with Gasteiger partial charge in [0.25, 0.3) is 0 Å². The number of nitrogens with zero attached hydrogens (tertiary/aromatic N) is 2. The SMILES string of the molecule is O=C(Cc1csc(N2CCCC2=O)n1)OCc1cc(=O)oc2ccc3ccccc3c12. The number of aromatic nitrogens is 1. The number of ether oxygens (including phenoxy) is 1. The van der Waals surface area contributed by atoms with E-state index >= 15 is 0 Å². The number of anilines is 1. The van der Waals surface area contributed by atoms with Crippen LogP contribution in [-0.4, -0.2) is 23.4 Å². The third-order valence-electron chi connectivity index (χ3n) is 5.27. The number of esters is 1. The average Bonchev–Trinajstić information content (AvgIpc) is 3.40. The highest BCUT2D eigenvalue weighted by molar-refractivity contribution is 7.14. The zero-order valence-corrected chi connectivity index (χ0v) is 17.3. The van der Waals surface area contributed by atoms with Crippen molar-refractivity contribution < 1.29 is 18.7 Å². The molecule has 5 rings (SSSR count). The first-order chi connectivity index (χ1) is 15.1. The first-order valence-corrected chi connectivity index (χ1v) is 10.8. The highest BCUT2D eigenvalue weighted by Gasteiger charge is 2.24. The summed E-state index contributed by atoms with van der Waals surface area (Å²) in [4.78, 5) is 42.3. The molecule has 0 spiro atoms. The Balaban J connectivity index is 1.35. The number of fused-ring (bicyclic) bond motifs is 3. The molecule has 0 N–H and O–H groups in total. The number of carbonyl (C=O) groups excluding carboxylic acids is 2. The Kier molecular flexibility index (Phi) is 4.99. The molecule has 1 fully saturated rings. The van der Waals surface area contributed by atoms with Crippen molar-refractivity contribution in [2.24, 2.45) is 0 Å². The number of carbonyl (C=O) groups is 2. The van der Waals surface area contributed by atoms with Gasteiger partial charge >= 0.3 is 11.6 Å². The molecular formula is C23H18N2O5S. The summed E-state index contributed by atoms with van der Waals surface area (Å²) in [6, 6.07) is 12.8. The molecule has 1 aliphatic heterocycles. The van der Waals surface area contributed by atoms with Crippen LogP contribution in [0.25, 0.3) is 21.7 Å². The highest BCUT2D eigenvalue weighted by atomic mass is 32.1. The molecule has 1 saturated heterocycles. The third kappa shape index (κ3) is 3.82. The maximum atomic E-state index is 12.4. The summed E-state index contributed by atoms with van der Waals surface area (Å²) >= 11 is 1.34. The molecule has 8 heteroatoms. The predicted octanol–water partition coefficient (Wildman–Crippen LogP) is 3.82. The number of hydrogen-bond donors (Lipinski definition) is 0. The molecule has 0 radical (unpaired) electrons. The van der Waals surface area contributed by atoms with E-state index in [1.807, 2.05) is 30.3 Å². The van der Waals surface area contributed by atoms with Crippen LogP contribution >= 0.6 is 11.3 Å². The van der Waals surface area contributed by atoms with Gasteiger partial charge < -0.3 is 9.15 Å². The molecule has 1 amide bonds. The lowest BCUT2D eigenvalue weighted by atomic mass is 10.0. The molecular weight excluding hydrogens is 416 g/mol. The van der Waals surface area contributed by atoms with Gasteiger partial charge in [0.2, 0.25) is 5.91 Å². The monoisotopic (exact) mass is 434 g/mol. The van der Waals surface area contributed by atoms with E-state index in [4.69, 9.17) is 9.15 Å². The van der Waals surface area contributed by atoms with E-state index in [9.17, 15) is 14.4 Å². The Morgan fingerprint density at radius 1 is 1.19 bits per heavy atom. The first kappa shape index (κ1) is 19.4. The Bertz CT molecular complexity index is 1370. The molecule has 4 aromatic rings. The van der Waals surface area contributed by atoms with Crippen molar-refractivity contribution in [3.05, 3.63) is 69.5 Å². The van der Waals surface area contributed by atoms with Crippen LogP contribution in [0, 0.1) is 0 Å². The lowest BCUT2D eigenvalue weighted by Crippen LogP contribution is -2.23. The van der Waals surface area contributed by atoms with E-state index in [1.165, 1.54) is 17.4 Å². The van der Waals surface area contributed by atoms with Crippen molar-refractivity contribution in [1.29, 1.82) is 0 Å². The summed E-state index contributed by atoms with van der Waals surface area (Å²) in [5.41, 5.74) is 1.12. The standard InChI is InChI=1S/C23H18N2O5S/c26-19-6-3-9-25(19)23-24-16(13-31-23)11-20(27)29-12-15-10-21(28)30-18-8-7-14-4-1-2-5-17(14)22(15)18/h1-2,4-5,7-8,10,13H,3,6,9,11-12H2.